The number of carbonyl (C=O) groups excluding carboxylic acids is 1. The van der Waals surface area contributed by atoms with Gasteiger partial charge in [0, 0.05) is 31.2 Å². The van der Waals surface area contributed by atoms with E-state index in [-0.39, 0.29) is 35.3 Å². The SMILES string of the molecule is CCCCC(CN)NC(=O)c1cccc(S(=O)(=O)N(C)C(C)C)c1.Cl. The standard InChI is InChI=1S/C17H29N3O3S.ClH/c1-5-6-9-15(12-18)19-17(21)14-8-7-10-16(11-14)24(22,23)20(4)13(2)3;/h7-8,10-11,13,15H,5-6,9,12,18H2,1-4H3,(H,19,21);1H. The van der Waals surface area contributed by atoms with Gasteiger partial charge in [-0.25, -0.2) is 8.42 Å². The Morgan fingerprint density at radius 1 is 1.32 bits per heavy atom. The van der Waals surface area contributed by atoms with Crippen molar-refractivity contribution >= 4 is 28.3 Å². The van der Waals surface area contributed by atoms with Crippen molar-refractivity contribution in [1.29, 1.82) is 0 Å². The number of amides is 1. The van der Waals surface area contributed by atoms with E-state index in [0.29, 0.717) is 12.1 Å². The zero-order valence-electron chi connectivity index (χ0n) is 15.4. The molecule has 25 heavy (non-hydrogen) atoms. The largest absolute Gasteiger partial charge is 0.348 e. The molecule has 0 bridgehead atoms. The van der Waals surface area contributed by atoms with Crippen LogP contribution in [0.15, 0.2) is 29.2 Å². The summed E-state index contributed by atoms with van der Waals surface area (Å²) in [4.78, 5) is 12.5. The van der Waals surface area contributed by atoms with Crippen molar-refractivity contribution in [1.82, 2.24) is 9.62 Å². The van der Waals surface area contributed by atoms with Gasteiger partial charge < -0.3 is 11.1 Å². The fourth-order valence-corrected chi connectivity index (χ4v) is 3.62. The average molecular weight is 392 g/mol. The maximum atomic E-state index is 12.5. The maximum absolute atomic E-state index is 12.5. The van der Waals surface area contributed by atoms with Crippen molar-refractivity contribution < 1.29 is 13.2 Å². The summed E-state index contributed by atoms with van der Waals surface area (Å²) in [6, 6.07) is 5.84. The second-order valence-electron chi connectivity index (χ2n) is 6.19. The first kappa shape index (κ1) is 23.9. The molecule has 8 heteroatoms. The van der Waals surface area contributed by atoms with Gasteiger partial charge in [-0.15, -0.1) is 12.4 Å². The van der Waals surface area contributed by atoms with Crippen molar-refractivity contribution in [3.05, 3.63) is 29.8 Å². The third-order valence-corrected chi connectivity index (χ3v) is 6.06. The van der Waals surface area contributed by atoms with Crippen LogP contribution in [0.5, 0.6) is 0 Å². The summed E-state index contributed by atoms with van der Waals surface area (Å²) in [5, 5.41) is 2.88. The maximum Gasteiger partial charge on any atom is 0.251 e. The van der Waals surface area contributed by atoms with Crippen LogP contribution in [0.4, 0.5) is 0 Å². The number of nitrogens with zero attached hydrogens (tertiary/aromatic N) is 1. The molecule has 0 saturated carbocycles. The molecular weight excluding hydrogens is 362 g/mol. The van der Waals surface area contributed by atoms with Gasteiger partial charge in [-0.05, 0) is 38.5 Å². The third-order valence-electron chi connectivity index (χ3n) is 4.03. The number of benzene rings is 1. The van der Waals surface area contributed by atoms with Gasteiger partial charge in [0.05, 0.1) is 4.90 Å². The van der Waals surface area contributed by atoms with Crippen LogP contribution in [0.25, 0.3) is 0 Å². The topological polar surface area (TPSA) is 92.5 Å². The number of unbranched alkanes of at least 4 members (excludes halogenated alkanes) is 1. The highest BCUT2D eigenvalue weighted by Gasteiger charge is 2.24. The molecule has 0 aliphatic rings. The Morgan fingerprint density at radius 2 is 1.96 bits per heavy atom. The molecule has 1 rings (SSSR count). The van der Waals surface area contributed by atoms with E-state index >= 15 is 0 Å². The Morgan fingerprint density at radius 3 is 2.48 bits per heavy atom. The zero-order valence-corrected chi connectivity index (χ0v) is 17.0. The smallest absolute Gasteiger partial charge is 0.251 e. The van der Waals surface area contributed by atoms with E-state index < -0.39 is 10.0 Å². The van der Waals surface area contributed by atoms with Crippen molar-refractivity contribution in [2.24, 2.45) is 5.73 Å². The number of hydrogen-bond donors (Lipinski definition) is 2. The van der Waals surface area contributed by atoms with Gasteiger partial charge in [-0.3, -0.25) is 4.79 Å². The summed E-state index contributed by atoms with van der Waals surface area (Å²) in [6.07, 6.45) is 2.82. The Hall–Kier alpha value is -1.15. The Balaban J connectivity index is 0.00000576. The zero-order chi connectivity index (χ0) is 18.3. The number of halogens is 1. The van der Waals surface area contributed by atoms with E-state index in [0.717, 1.165) is 19.3 Å². The molecule has 0 aromatic heterocycles. The molecule has 0 heterocycles. The van der Waals surface area contributed by atoms with E-state index in [1.165, 1.54) is 23.5 Å². The summed E-state index contributed by atoms with van der Waals surface area (Å²) in [6.45, 7) is 6.04. The Labute approximate surface area is 157 Å². The molecule has 0 spiro atoms. The van der Waals surface area contributed by atoms with E-state index in [4.69, 9.17) is 5.73 Å². The molecule has 1 amide bonds. The van der Waals surface area contributed by atoms with E-state index in [2.05, 4.69) is 12.2 Å². The first-order valence-electron chi connectivity index (χ1n) is 8.33. The number of carbonyl (C=O) groups is 1. The minimum Gasteiger partial charge on any atom is -0.348 e. The van der Waals surface area contributed by atoms with Crippen molar-refractivity contribution in [2.45, 2.75) is 57.0 Å². The number of rotatable bonds is 9. The van der Waals surface area contributed by atoms with Gasteiger partial charge in [0.25, 0.3) is 5.91 Å². The fourth-order valence-electron chi connectivity index (χ4n) is 2.21. The highest BCUT2D eigenvalue weighted by atomic mass is 35.5. The van der Waals surface area contributed by atoms with Crippen LogP contribution in [0.2, 0.25) is 0 Å². The monoisotopic (exact) mass is 391 g/mol. The first-order valence-corrected chi connectivity index (χ1v) is 9.77. The molecule has 0 fully saturated rings. The second-order valence-corrected chi connectivity index (χ2v) is 8.19. The van der Waals surface area contributed by atoms with Gasteiger partial charge in [0.2, 0.25) is 10.0 Å². The molecular formula is C17H30ClN3O3S. The highest BCUT2D eigenvalue weighted by Crippen LogP contribution is 2.18. The molecule has 1 atom stereocenters. The van der Waals surface area contributed by atoms with Crippen LogP contribution in [-0.4, -0.2) is 44.3 Å². The predicted molar refractivity (Wildman–Crippen MR) is 104 cm³/mol. The third kappa shape index (κ3) is 6.58. The molecule has 6 nitrogen and oxygen atoms in total. The number of hydrogen-bond acceptors (Lipinski definition) is 4. The lowest BCUT2D eigenvalue weighted by atomic mass is 10.1. The summed E-state index contributed by atoms with van der Waals surface area (Å²) >= 11 is 0. The number of nitrogens with one attached hydrogen (secondary N) is 1. The van der Waals surface area contributed by atoms with Gasteiger partial charge >= 0.3 is 0 Å². The van der Waals surface area contributed by atoms with Crippen LogP contribution in [0.1, 0.15) is 50.4 Å². The summed E-state index contributed by atoms with van der Waals surface area (Å²) in [5.41, 5.74) is 6.02. The van der Waals surface area contributed by atoms with Gasteiger partial charge in [-0.1, -0.05) is 25.8 Å². The summed E-state index contributed by atoms with van der Waals surface area (Å²) < 4.78 is 26.4. The van der Waals surface area contributed by atoms with E-state index in [9.17, 15) is 13.2 Å². The van der Waals surface area contributed by atoms with Gasteiger partial charge in [0.1, 0.15) is 0 Å². The Kier molecular flexibility index (Phi) is 10.3. The first-order chi connectivity index (χ1) is 11.2. The lowest BCUT2D eigenvalue weighted by Crippen LogP contribution is -2.40. The average Bonchev–Trinajstić information content (AvgIpc) is 2.57. The lowest BCUT2D eigenvalue weighted by Gasteiger charge is -2.21. The van der Waals surface area contributed by atoms with Gasteiger partial charge in [0.15, 0.2) is 0 Å². The normalized spacial score (nSPS) is 12.8. The van der Waals surface area contributed by atoms with E-state index in [1.54, 1.807) is 26.0 Å². The van der Waals surface area contributed by atoms with Crippen LogP contribution in [0, 0.1) is 0 Å². The predicted octanol–water partition coefficient (Wildman–Crippen LogP) is 2.38. The number of sulfonamides is 1. The minimum atomic E-state index is -3.61. The van der Waals surface area contributed by atoms with E-state index in [1.807, 2.05) is 0 Å². The minimum absolute atomic E-state index is 0. The molecule has 0 saturated heterocycles. The Bertz CT molecular complexity index is 650. The molecule has 0 aliphatic carbocycles. The van der Waals surface area contributed by atoms with Crippen LogP contribution < -0.4 is 11.1 Å². The van der Waals surface area contributed by atoms with Crippen molar-refractivity contribution in [3.63, 3.8) is 0 Å². The number of nitrogens with two attached hydrogens (primary N) is 1. The molecule has 1 aromatic rings. The fraction of sp³-hybridized carbons (Fsp3) is 0.588. The highest BCUT2D eigenvalue weighted by molar-refractivity contribution is 7.89. The summed E-state index contributed by atoms with van der Waals surface area (Å²) in [5.74, 6) is -0.300. The second kappa shape index (κ2) is 10.8. The molecule has 3 N–H and O–H groups in total. The van der Waals surface area contributed by atoms with Crippen LogP contribution in [0.3, 0.4) is 0 Å². The molecule has 1 aromatic carbocycles. The molecule has 0 radical (unpaired) electrons. The summed E-state index contributed by atoms with van der Waals surface area (Å²) in [7, 11) is -2.08. The molecule has 144 valence electrons. The van der Waals surface area contributed by atoms with Crippen LogP contribution in [-0.2, 0) is 10.0 Å². The van der Waals surface area contributed by atoms with Crippen molar-refractivity contribution in [2.75, 3.05) is 13.6 Å². The molecule has 1 unspecified atom stereocenters. The van der Waals surface area contributed by atoms with Gasteiger partial charge in [-0.2, -0.15) is 4.31 Å². The van der Waals surface area contributed by atoms with Crippen molar-refractivity contribution in [3.8, 4) is 0 Å². The quantitative estimate of drug-likeness (QED) is 0.675. The molecule has 0 aliphatic heterocycles. The lowest BCUT2D eigenvalue weighted by molar-refractivity contribution is 0.0935. The van der Waals surface area contributed by atoms with Crippen LogP contribution >= 0.6 is 12.4 Å².